The van der Waals surface area contributed by atoms with Gasteiger partial charge in [0.05, 0.1) is 19.1 Å². The Morgan fingerprint density at radius 1 is 0.969 bits per heavy atom. The molecule has 3 atom stereocenters. The van der Waals surface area contributed by atoms with E-state index in [9.17, 15) is 9.90 Å². The first kappa shape index (κ1) is 24.6. The highest BCUT2D eigenvalue weighted by Gasteiger charge is 2.53. The van der Waals surface area contributed by atoms with Crippen LogP contribution in [0, 0.1) is 0 Å². The fourth-order valence-electron chi connectivity index (χ4n) is 4.27. The number of rotatable bonds is 8. The van der Waals surface area contributed by atoms with Gasteiger partial charge in [0.1, 0.15) is 17.8 Å². The minimum absolute atomic E-state index is 0.0857. The summed E-state index contributed by atoms with van der Waals surface area (Å²) < 4.78 is 17.9. The van der Waals surface area contributed by atoms with Gasteiger partial charge < -0.3 is 19.0 Å². The van der Waals surface area contributed by atoms with E-state index in [0.29, 0.717) is 6.61 Å². The Balaban J connectivity index is 1.76. The van der Waals surface area contributed by atoms with Gasteiger partial charge in [0.2, 0.25) is 0 Å². The lowest BCUT2D eigenvalue weighted by molar-refractivity contribution is -0.157. The molecule has 2 aromatic carbocycles. The van der Waals surface area contributed by atoms with Gasteiger partial charge in [-0.1, -0.05) is 81.4 Å². The molecule has 3 rings (SSSR count). The van der Waals surface area contributed by atoms with Crippen LogP contribution in [0.5, 0.6) is 0 Å². The van der Waals surface area contributed by atoms with Gasteiger partial charge in [0.15, 0.2) is 0 Å². The predicted molar refractivity (Wildman–Crippen MR) is 129 cm³/mol. The summed E-state index contributed by atoms with van der Waals surface area (Å²) in [7, 11) is -2.65. The van der Waals surface area contributed by atoms with E-state index < -0.39 is 32.1 Å². The lowest BCUT2D eigenvalue weighted by Crippen LogP contribution is -2.66. The summed E-state index contributed by atoms with van der Waals surface area (Å²) in [6, 6.07) is 20.8. The molecule has 0 radical (unpaired) electrons. The second-order valence-electron chi connectivity index (χ2n) is 10.5. The number of aliphatic hydroxyl groups excluding tert-OH is 1. The zero-order valence-corrected chi connectivity index (χ0v) is 21.0. The van der Waals surface area contributed by atoms with E-state index in [4.69, 9.17) is 13.9 Å². The van der Waals surface area contributed by atoms with Gasteiger partial charge in [-0.15, -0.1) is 0 Å². The molecule has 0 unspecified atom stereocenters. The SMILES string of the molecule is CC(C)(C)OC(=O)C[C@H](O)[C@H]1O[C@@H]1CO[Si](c1ccccc1)(c1ccccc1)C(C)(C)C. The molecule has 0 spiro atoms. The number of aliphatic hydroxyl groups is 1. The average Bonchev–Trinajstić information content (AvgIpc) is 3.47. The Morgan fingerprint density at radius 3 is 1.91 bits per heavy atom. The minimum Gasteiger partial charge on any atom is -0.460 e. The van der Waals surface area contributed by atoms with Crippen LogP contribution in [0.25, 0.3) is 0 Å². The quantitative estimate of drug-likeness (QED) is 0.374. The van der Waals surface area contributed by atoms with E-state index in [1.165, 1.54) is 10.4 Å². The van der Waals surface area contributed by atoms with Crippen molar-refractivity contribution >= 4 is 24.7 Å². The van der Waals surface area contributed by atoms with Crippen LogP contribution < -0.4 is 10.4 Å². The van der Waals surface area contributed by atoms with Crippen molar-refractivity contribution in [2.24, 2.45) is 0 Å². The third-order valence-electron chi connectivity index (χ3n) is 5.68. The van der Waals surface area contributed by atoms with Crippen molar-refractivity contribution in [3.8, 4) is 0 Å². The summed E-state index contributed by atoms with van der Waals surface area (Å²) in [4.78, 5) is 12.1. The summed E-state index contributed by atoms with van der Waals surface area (Å²) in [5, 5.41) is 12.7. The smallest absolute Gasteiger partial charge is 0.309 e. The number of carbonyl (C=O) groups is 1. The van der Waals surface area contributed by atoms with Gasteiger partial charge in [-0.2, -0.15) is 0 Å². The van der Waals surface area contributed by atoms with Crippen molar-refractivity contribution < 1.29 is 23.8 Å². The first-order valence-electron chi connectivity index (χ1n) is 11.2. The maximum atomic E-state index is 12.1. The first-order chi connectivity index (χ1) is 14.9. The zero-order chi connectivity index (χ0) is 23.6. The van der Waals surface area contributed by atoms with Crippen molar-refractivity contribution in [1.82, 2.24) is 0 Å². The molecule has 5 nitrogen and oxygen atoms in total. The lowest BCUT2D eigenvalue weighted by atomic mass is 10.1. The molecule has 1 aliphatic heterocycles. The zero-order valence-electron chi connectivity index (χ0n) is 20.0. The average molecular weight is 457 g/mol. The van der Waals surface area contributed by atoms with Crippen LogP contribution >= 0.6 is 0 Å². The molecule has 1 aliphatic rings. The Hall–Kier alpha value is -1.99. The summed E-state index contributed by atoms with van der Waals surface area (Å²) >= 11 is 0. The van der Waals surface area contributed by atoms with E-state index in [1.807, 2.05) is 32.9 Å². The summed E-state index contributed by atoms with van der Waals surface area (Å²) in [6.45, 7) is 12.5. The topological polar surface area (TPSA) is 68.3 Å². The molecule has 0 aliphatic carbocycles. The molecule has 1 N–H and O–H groups in total. The highest BCUT2D eigenvalue weighted by molar-refractivity contribution is 6.99. The maximum Gasteiger partial charge on any atom is 0.309 e. The number of hydrogen-bond donors (Lipinski definition) is 1. The Labute approximate surface area is 192 Å². The van der Waals surface area contributed by atoms with Crippen LogP contribution in [0.15, 0.2) is 60.7 Å². The Morgan fingerprint density at radius 2 is 1.47 bits per heavy atom. The molecule has 174 valence electrons. The monoisotopic (exact) mass is 456 g/mol. The number of epoxide rings is 1. The molecule has 1 saturated heterocycles. The second-order valence-corrected chi connectivity index (χ2v) is 14.8. The molecule has 0 saturated carbocycles. The molecule has 32 heavy (non-hydrogen) atoms. The molecular weight excluding hydrogens is 420 g/mol. The van der Waals surface area contributed by atoms with E-state index in [-0.39, 0.29) is 17.6 Å². The van der Waals surface area contributed by atoms with Gasteiger partial charge >= 0.3 is 5.97 Å². The van der Waals surface area contributed by atoms with Crippen molar-refractivity contribution in [2.45, 2.75) is 76.9 Å². The van der Waals surface area contributed by atoms with Crippen LogP contribution in [-0.2, 0) is 18.7 Å². The number of benzene rings is 2. The maximum absolute atomic E-state index is 12.1. The predicted octanol–water partition coefficient (Wildman–Crippen LogP) is 3.42. The standard InChI is InChI=1S/C26H36O5Si/c1-25(2,3)31-23(28)17-21(27)24-22(30-24)18-29-32(26(4,5)6,19-13-9-7-10-14-19)20-15-11-8-12-16-20/h7-16,21-22,24,27H,17-18H2,1-6H3/t21-,22+,24+/m0/s1. The number of carbonyl (C=O) groups excluding carboxylic acids is 1. The lowest BCUT2D eigenvalue weighted by Gasteiger charge is -2.43. The molecular formula is C26H36O5Si. The van der Waals surface area contributed by atoms with Gasteiger partial charge in [-0.05, 0) is 36.2 Å². The molecule has 0 bridgehead atoms. The van der Waals surface area contributed by atoms with Crippen LogP contribution in [0.3, 0.4) is 0 Å². The molecule has 0 aromatic heterocycles. The Bertz CT molecular complexity index is 846. The van der Waals surface area contributed by atoms with E-state index in [1.54, 1.807) is 0 Å². The molecule has 0 amide bonds. The highest BCUT2D eigenvalue weighted by Crippen LogP contribution is 2.38. The number of ether oxygens (including phenoxy) is 2. The molecule has 1 heterocycles. The van der Waals surface area contributed by atoms with Crippen LogP contribution in [0.1, 0.15) is 48.0 Å². The number of esters is 1. The van der Waals surface area contributed by atoms with Crippen LogP contribution in [-0.4, -0.2) is 49.9 Å². The van der Waals surface area contributed by atoms with E-state index >= 15 is 0 Å². The second kappa shape index (κ2) is 9.47. The summed E-state index contributed by atoms with van der Waals surface area (Å²) in [5.74, 6) is -0.424. The number of hydrogen-bond acceptors (Lipinski definition) is 5. The molecule has 2 aromatic rings. The third kappa shape index (κ3) is 5.67. The molecule has 6 heteroatoms. The third-order valence-corrected chi connectivity index (χ3v) is 10.7. The normalized spacial score (nSPS) is 20.0. The van der Waals surface area contributed by atoms with Gasteiger partial charge in [0, 0.05) is 0 Å². The fourth-order valence-corrected chi connectivity index (χ4v) is 8.84. The van der Waals surface area contributed by atoms with Crippen molar-refractivity contribution in [3.05, 3.63) is 60.7 Å². The summed E-state index contributed by atoms with van der Waals surface area (Å²) in [6.07, 6.45) is -1.65. The van der Waals surface area contributed by atoms with Gasteiger partial charge in [0.25, 0.3) is 8.32 Å². The van der Waals surface area contributed by atoms with E-state index in [0.717, 1.165) is 0 Å². The summed E-state index contributed by atoms with van der Waals surface area (Å²) in [5.41, 5.74) is -0.576. The Kier molecular flexibility index (Phi) is 7.30. The molecule has 1 fully saturated rings. The van der Waals surface area contributed by atoms with Crippen molar-refractivity contribution in [2.75, 3.05) is 6.61 Å². The van der Waals surface area contributed by atoms with E-state index in [2.05, 4.69) is 69.3 Å². The fraction of sp³-hybridized carbons (Fsp3) is 0.500. The van der Waals surface area contributed by atoms with Crippen LogP contribution in [0.4, 0.5) is 0 Å². The first-order valence-corrected chi connectivity index (χ1v) is 13.2. The largest absolute Gasteiger partial charge is 0.460 e. The van der Waals surface area contributed by atoms with Gasteiger partial charge in [-0.3, -0.25) is 4.79 Å². The van der Waals surface area contributed by atoms with Crippen molar-refractivity contribution in [1.29, 1.82) is 0 Å². The highest BCUT2D eigenvalue weighted by atomic mass is 28.4. The van der Waals surface area contributed by atoms with Gasteiger partial charge in [-0.25, -0.2) is 0 Å². The minimum atomic E-state index is -2.65. The van der Waals surface area contributed by atoms with Crippen molar-refractivity contribution in [3.63, 3.8) is 0 Å². The van der Waals surface area contributed by atoms with Crippen LogP contribution in [0.2, 0.25) is 5.04 Å².